The van der Waals surface area contributed by atoms with Gasteiger partial charge in [0.2, 0.25) is 0 Å². The van der Waals surface area contributed by atoms with E-state index in [9.17, 15) is 19.5 Å². The van der Waals surface area contributed by atoms with Crippen LogP contribution in [0, 0.1) is 0 Å². The van der Waals surface area contributed by atoms with Gasteiger partial charge in [-0.3, -0.25) is 4.79 Å². The summed E-state index contributed by atoms with van der Waals surface area (Å²) in [6, 6.07) is -0.497. The summed E-state index contributed by atoms with van der Waals surface area (Å²) in [5.74, 6) is -1.64. The van der Waals surface area contributed by atoms with E-state index in [2.05, 4.69) is 4.74 Å². The van der Waals surface area contributed by atoms with Crippen LogP contribution in [-0.2, 0) is 14.3 Å². The van der Waals surface area contributed by atoms with Crippen molar-refractivity contribution in [1.29, 1.82) is 0 Å². The summed E-state index contributed by atoms with van der Waals surface area (Å²) >= 11 is 0. The van der Waals surface area contributed by atoms with Crippen LogP contribution in [0.3, 0.4) is 0 Å². The van der Waals surface area contributed by atoms with Crippen molar-refractivity contribution < 1.29 is 24.2 Å². The zero-order valence-corrected chi connectivity index (χ0v) is 12.1. The first-order valence-corrected chi connectivity index (χ1v) is 6.09. The summed E-state index contributed by atoms with van der Waals surface area (Å²) in [6.45, 7) is 6.62. The van der Waals surface area contributed by atoms with E-state index in [4.69, 9.17) is 0 Å². The van der Waals surface area contributed by atoms with Crippen molar-refractivity contribution in [3.63, 3.8) is 0 Å². The van der Waals surface area contributed by atoms with E-state index in [0.717, 1.165) is 0 Å². The summed E-state index contributed by atoms with van der Waals surface area (Å²) in [5, 5.41) is 9.17. The van der Waals surface area contributed by atoms with Gasteiger partial charge in [-0.25, -0.2) is 9.59 Å². The maximum Gasteiger partial charge on any atom is 0.329 e. The Balaban J connectivity index is 5.10. The largest absolute Gasteiger partial charge is 0.480 e. The number of ether oxygens (including phenoxy) is 1. The molecule has 19 heavy (non-hydrogen) atoms. The molecule has 0 atom stereocenters. The Morgan fingerprint density at radius 3 is 2.00 bits per heavy atom. The van der Waals surface area contributed by atoms with Gasteiger partial charge in [-0.2, -0.15) is 0 Å². The van der Waals surface area contributed by atoms with E-state index in [-0.39, 0.29) is 13.1 Å². The van der Waals surface area contributed by atoms with Crippen LogP contribution >= 0.6 is 0 Å². The Morgan fingerprint density at radius 2 is 1.68 bits per heavy atom. The third kappa shape index (κ3) is 4.11. The highest BCUT2D eigenvalue weighted by Crippen LogP contribution is 2.17. The minimum atomic E-state index is -1.34. The smallest absolute Gasteiger partial charge is 0.329 e. The van der Waals surface area contributed by atoms with Crippen LogP contribution in [-0.4, -0.2) is 65.2 Å². The number of methoxy groups -OCH3 is 1. The average molecular weight is 274 g/mol. The third-order valence-electron chi connectivity index (χ3n) is 2.95. The molecule has 0 aliphatic carbocycles. The van der Waals surface area contributed by atoms with E-state index in [1.165, 1.54) is 30.8 Å². The molecule has 0 aromatic carbocycles. The van der Waals surface area contributed by atoms with E-state index in [1.54, 1.807) is 13.8 Å². The van der Waals surface area contributed by atoms with Gasteiger partial charge in [-0.1, -0.05) is 0 Å². The van der Waals surface area contributed by atoms with Gasteiger partial charge in [-0.05, 0) is 27.7 Å². The lowest BCUT2D eigenvalue weighted by Gasteiger charge is -2.37. The molecular weight excluding hydrogens is 252 g/mol. The van der Waals surface area contributed by atoms with Gasteiger partial charge in [0.05, 0.1) is 7.11 Å². The number of carbonyl (C=O) groups is 3. The molecule has 0 unspecified atom stereocenters. The summed E-state index contributed by atoms with van der Waals surface area (Å²) in [4.78, 5) is 37.2. The second-order valence-corrected chi connectivity index (χ2v) is 4.48. The van der Waals surface area contributed by atoms with E-state index in [0.29, 0.717) is 6.54 Å². The van der Waals surface area contributed by atoms with Gasteiger partial charge in [-0.15, -0.1) is 0 Å². The van der Waals surface area contributed by atoms with Crippen LogP contribution in [0.25, 0.3) is 0 Å². The van der Waals surface area contributed by atoms with Gasteiger partial charge in [0.1, 0.15) is 12.1 Å². The number of amides is 2. The predicted octanol–water partition coefficient (Wildman–Crippen LogP) is 0.786. The highest BCUT2D eigenvalue weighted by molar-refractivity contribution is 5.87. The zero-order valence-electron chi connectivity index (χ0n) is 12.1. The van der Waals surface area contributed by atoms with Crippen molar-refractivity contribution in [2.45, 2.75) is 33.2 Å². The second-order valence-electron chi connectivity index (χ2n) is 4.48. The number of hydrogen-bond acceptors (Lipinski definition) is 4. The molecule has 0 aromatic heterocycles. The van der Waals surface area contributed by atoms with Crippen LogP contribution < -0.4 is 0 Å². The van der Waals surface area contributed by atoms with Crippen molar-refractivity contribution in [2.75, 3.05) is 26.7 Å². The van der Waals surface area contributed by atoms with Crippen molar-refractivity contribution >= 4 is 18.0 Å². The molecule has 0 aliphatic rings. The number of urea groups is 1. The molecule has 0 heterocycles. The fourth-order valence-electron chi connectivity index (χ4n) is 1.59. The maximum absolute atomic E-state index is 12.3. The first-order valence-electron chi connectivity index (χ1n) is 6.09. The van der Waals surface area contributed by atoms with Crippen LogP contribution in [0.15, 0.2) is 0 Å². The van der Waals surface area contributed by atoms with Crippen LogP contribution in [0.4, 0.5) is 4.79 Å². The molecule has 0 fully saturated rings. The monoisotopic (exact) mass is 274 g/mol. The van der Waals surface area contributed by atoms with Crippen molar-refractivity contribution in [3.05, 3.63) is 0 Å². The van der Waals surface area contributed by atoms with Crippen molar-refractivity contribution in [2.24, 2.45) is 0 Å². The molecule has 0 radical (unpaired) electrons. The molecule has 1 N–H and O–H groups in total. The number of hydrogen-bond donors (Lipinski definition) is 1. The van der Waals surface area contributed by atoms with E-state index >= 15 is 0 Å². The highest BCUT2D eigenvalue weighted by Gasteiger charge is 2.38. The predicted molar refractivity (Wildman–Crippen MR) is 68.8 cm³/mol. The number of rotatable bonds is 6. The highest BCUT2D eigenvalue weighted by atomic mass is 16.5. The van der Waals surface area contributed by atoms with Crippen molar-refractivity contribution in [3.8, 4) is 0 Å². The first kappa shape index (κ1) is 17.2. The quantitative estimate of drug-likeness (QED) is 0.723. The van der Waals surface area contributed by atoms with Gasteiger partial charge >= 0.3 is 18.0 Å². The van der Waals surface area contributed by atoms with E-state index in [1.807, 2.05) is 0 Å². The Hall–Kier alpha value is -1.79. The lowest BCUT2D eigenvalue weighted by molar-refractivity contribution is -0.147. The molecule has 7 nitrogen and oxygen atoms in total. The first-order chi connectivity index (χ1) is 8.72. The third-order valence-corrected chi connectivity index (χ3v) is 2.95. The van der Waals surface area contributed by atoms with Gasteiger partial charge in [0.15, 0.2) is 0 Å². The van der Waals surface area contributed by atoms with E-state index < -0.39 is 23.5 Å². The number of aliphatic carboxylic acids is 1. The number of likely N-dealkylation sites (N-methyl/N-ethyl adjacent to an activating group) is 2. The summed E-state index contributed by atoms with van der Waals surface area (Å²) in [6.07, 6.45) is 0. The Morgan fingerprint density at radius 1 is 1.16 bits per heavy atom. The Kier molecular flexibility index (Phi) is 6.31. The van der Waals surface area contributed by atoms with Crippen molar-refractivity contribution in [1.82, 2.24) is 9.80 Å². The molecule has 0 saturated carbocycles. The zero-order chi connectivity index (χ0) is 15.2. The molecule has 0 spiro atoms. The fraction of sp³-hybridized carbons (Fsp3) is 0.750. The normalized spacial score (nSPS) is 10.8. The molecule has 2 amide bonds. The van der Waals surface area contributed by atoms with Gasteiger partial charge in [0.25, 0.3) is 0 Å². The van der Waals surface area contributed by atoms with Gasteiger partial charge < -0.3 is 19.6 Å². The lowest BCUT2D eigenvalue weighted by Crippen LogP contribution is -2.57. The molecule has 0 saturated heterocycles. The summed E-state index contributed by atoms with van der Waals surface area (Å²) in [7, 11) is 1.24. The summed E-state index contributed by atoms with van der Waals surface area (Å²) in [5.41, 5.74) is -1.34. The molecular formula is C12H22N2O5. The second kappa shape index (κ2) is 6.96. The molecule has 7 heteroatoms. The fourth-order valence-corrected chi connectivity index (χ4v) is 1.59. The van der Waals surface area contributed by atoms with Gasteiger partial charge in [0, 0.05) is 13.1 Å². The number of esters is 1. The summed E-state index contributed by atoms with van der Waals surface area (Å²) < 4.78 is 4.51. The number of carbonyl (C=O) groups excluding carboxylic acids is 2. The van der Waals surface area contributed by atoms with Crippen LogP contribution in [0.2, 0.25) is 0 Å². The standard InChI is InChI=1S/C12H22N2O5/c1-6-13(8-9(15)19-5)11(18)14(7-2)12(3,4)10(16)17/h6-8H2,1-5H3,(H,16,17). The molecule has 0 aromatic rings. The Labute approximate surface area is 113 Å². The number of carboxylic acid groups (broad SMARTS) is 1. The minimum absolute atomic E-state index is 0.196. The SMILES string of the molecule is CCN(CC(=O)OC)C(=O)N(CC)C(C)(C)C(=O)O. The molecule has 0 rings (SSSR count). The maximum atomic E-state index is 12.3. The topological polar surface area (TPSA) is 87.2 Å². The molecule has 0 bridgehead atoms. The van der Waals surface area contributed by atoms with Crippen LogP contribution in [0.5, 0.6) is 0 Å². The molecule has 110 valence electrons. The average Bonchev–Trinajstić information content (AvgIpc) is 2.35. The minimum Gasteiger partial charge on any atom is -0.480 e. The number of carboxylic acids is 1. The van der Waals surface area contributed by atoms with Crippen LogP contribution in [0.1, 0.15) is 27.7 Å². The lowest BCUT2D eigenvalue weighted by atomic mass is 10.0. The Bertz CT molecular complexity index is 354. The molecule has 0 aliphatic heterocycles. The number of nitrogens with zero attached hydrogens (tertiary/aromatic N) is 2.